The lowest BCUT2D eigenvalue weighted by atomic mass is 10.2. The molecule has 0 amide bonds. The zero-order valence-corrected chi connectivity index (χ0v) is 6.96. The molecule has 8 heavy (non-hydrogen) atoms. The van der Waals surface area contributed by atoms with Crippen LogP contribution in [0.2, 0.25) is 0 Å². The molecule has 0 fully saturated rings. The molecule has 0 aromatic heterocycles. The second-order valence-electron chi connectivity index (χ2n) is 2.01. The molecule has 0 bridgehead atoms. The van der Waals surface area contributed by atoms with Crippen molar-refractivity contribution < 1.29 is 0 Å². The summed E-state index contributed by atoms with van der Waals surface area (Å²) in [6, 6.07) is 0. The Hall–Kier alpha value is -0.0400. The highest BCUT2D eigenvalue weighted by atomic mass is 79.9. The van der Waals surface area contributed by atoms with Crippen LogP contribution in [0.3, 0.4) is 0 Å². The molecule has 46 valence electrons. The molecule has 1 heteroatoms. The van der Waals surface area contributed by atoms with E-state index in [-0.39, 0.29) is 0 Å². The fraction of sp³-hybridized carbons (Fsp3) is 0.429. The minimum absolute atomic E-state index is 0.873. The Morgan fingerprint density at radius 2 is 2.12 bits per heavy atom. The van der Waals surface area contributed by atoms with E-state index in [9.17, 15) is 0 Å². The fourth-order valence-corrected chi connectivity index (χ4v) is 0.609. The third kappa shape index (κ3) is 4.13. The first-order valence-corrected chi connectivity index (χ1v) is 3.67. The number of halogens is 1. The Balaban J connectivity index is 3.70. The molecule has 0 unspecified atom stereocenters. The van der Waals surface area contributed by atoms with Crippen molar-refractivity contribution in [1.29, 1.82) is 0 Å². The maximum atomic E-state index is 3.79. The highest BCUT2D eigenvalue weighted by Crippen LogP contribution is 2.01. The van der Waals surface area contributed by atoms with E-state index in [1.54, 1.807) is 0 Å². The molecule has 0 aliphatic heterocycles. The van der Waals surface area contributed by atoms with E-state index < -0.39 is 0 Å². The molecule has 0 heterocycles. The second-order valence-corrected chi connectivity index (χ2v) is 2.57. The van der Waals surface area contributed by atoms with Gasteiger partial charge in [0.25, 0.3) is 0 Å². The third-order valence-corrected chi connectivity index (χ3v) is 1.38. The van der Waals surface area contributed by atoms with Gasteiger partial charge in [0.05, 0.1) is 0 Å². The molecule has 0 rings (SSSR count). The van der Waals surface area contributed by atoms with E-state index in [1.807, 2.05) is 0 Å². The number of hydrogen-bond acceptors (Lipinski definition) is 0. The topological polar surface area (TPSA) is 0 Å². The average Bonchev–Trinajstić information content (AvgIpc) is 1.65. The summed E-state index contributed by atoms with van der Waals surface area (Å²) in [5.74, 6) is 0. The minimum Gasteiger partial charge on any atom is -0.0950 e. The largest absolute Gasteiger partial charge is 0.0950 e. The van der Waals surface area contributed by atoms with Crippen LogP contribution < -0.4 is 0 Å². The monoisotopic (exact) mass is 174 g/mol. The highest BCUT2D eigenvalue weighted by Gasteiger charge is 1.82. The number of hydrogen-bond donors (Lipinski definition) is 0. The SMILES string of the molecule is C=C(C=C(C)C)CBr. The summed E-state index contributed by atoms with van der Waals surface area (Å²) < 4.78 is 0. The van der Waals surface area contributed by atoms with Crippen LogP contribution in [0, 0.1) is 0 Å². The molecular weight excluding hydrogens is 164 g/mol. The summed E-state index contributed by atoms with van der Waals surface area (Å²) in [6.45, 7) is 7.92. The quantitative estimate of drug-likeness (QED) is 0.447. The smallest absolute Gasteiger partial charge is 0.0277 e. The summed E-state index contributed by atoms with van der Waals surface area (Å²) >= 11 is 3.30. The van der Waals surface area contributed by atoms with Crippen LogP contribution in [0.1, 0.15) is 13.8 Å². The molecule has 0 saturated heterocycles. The summed E-state index contributed by atoms with van der Waals surface area (Å²) in [4.78, 5) is 0. The van der Waals surface area contributed by atoms with Gasteiger partial charge in [0.15, 0.2) is 0 Å². The Morgan fingerprint density at radius 1 is 1.62 bits per heavy atom. The summed E-state index contributed by atoms with van der Waals surface area (Å²) in [5.41, 5.74) is 2.43. The van der Waals surface area contributed by atoms with Gasteiger partial charge in [-0.1, -0.05) is 34.2 Å². The van der Waals surface area contributed by atoms with E-state index >= 15 is 0 Å². The number of alkyl halides is 1. The van der Waals surface area contributed by atoms with Crippen LogP contribution in [0.4, 0.5) is 0 Å². The third-order valence-electron chi connectivity index (χ3n) is 0.664. The molecular formula is C7H11Br. The highest BCUT2D eigenvalue weighted by molar-refractivity contribution is 9.09. The van der Waals surface area contributed by atoms with Gasteiger partial charge in [-0.2, -0.15) is 0 Å². The van der Waals surface area contributed by atoms with Gasteiger partial charge in [0, 0.05) is 5.33 Å². The van der Waals surface area contributed by atoms with Gasteiger partial charge >= 0.3 is 0 Å². The van der Waals surface area contributed by atoms with Crippen LogP contribution in [0.5, 0.6) is 0 Å². The first kappa shape index (κ1) is 7.96. The van der Waals surface area contributed by atoms with Gasteiger partial charge in [0.2, 0.25) is 0 Å². The van der Waals surface area contributed by atoms with Gasteiger partial charge in [-0.3, -0.25) is 0 Å². The lowest BCUT2D eigenvalue weighted by molar-refractivity contribution is 1.36. The van der Waals surface area contributed by atoms with Crippen molar-refractivity contribution in [3.8, 4) is 0 Å². The van der Waals surface area contributed by atoms with Gasteiger partial charge in [-0.05, 0) is 19.4 Å². The maximum Gasteiger partial charge on any atom is 0.0277 e. The molecule has 0 saturated carbocycles. The number of allylic oxidation sites excluding steroid dienone is 3. The fourth-order valence-electron chi connectivity index (χ4n) is 0.447. The Morgan fingerprint density at radius 3 is 2.25 bits per heavy atom. The predicted octanol–water partition coefficient (Wildman–Crippen LogP) is 2.90. The molecule has 0 aliphatic rings. The molecule has 0 radical (unpaired) electrons. The van der Waals surface area contributed by atoms with Crippen molar-refractivity contribution in [2.24, 2.45) is 0 Å². The van der Waals surface area contributed by atoms with Crippen molar-refractivity contribution >= 4 is 15.9 Å². The van der Waals surface area contributed by atoms with Crippen molar-refractivity contribution in [3.05, 3.63) is 23.8 Å². The van der Waals surface area contributed by atoms with Gasteiger partial charge < -0.3 is 0 Å². The molecule has 0 aromatic rings. The van der Waals surface area contributed by atoms with Crippen LogP contribution in [-0.4, -0.2) is 5.33 Å². The second kappa shape index (κ2) is 3.90. The minimum atomic E-state index is 0.873. The normalized spacial score (nSPS) is 8.38. The van der Waals surface area contributed by atoms with Gasteiger partial charge in [-0.15, -0.1) is 0 Å². The molecule has 0 aliphatic carbocycles. The Labute approximate surface area is 59.4 Å². The summed E-state index contributed by atoms with van der Waals surface area (Å²) in [6.07, 6.45) is 2.06. The first-order valence-electron chi connectivity index (χ1n) is 2.55. The van der Waals surface area contributed by atoms with E-state index in [4.69, 9.17) is 0 Å². The van der Waals surface area contributed by atoms with Crippen molar-refractivity contribution in [2.45, 2.75) is 13.8 Å². The van der Waals surface area contributed by atoms with Crippen LogP contribution >= 0.6 is 15.9 Å². The predicted molar refractivity (Wildman–Crippen MR) is 42.4 cm³/mol. The van der Waals surface area contributed by atoms with Crippen LogP contribution in [0.15, 0.2) is 23.8 Å². The zero-order chi connectivity index (χ0) is 6.57. The van der Waals surface area contributed by atoms with E-state index in [1.165, 1.54) is 5.57 Å². The van der Waals surface area contributed by atoms with E-state index in [2.05, 4.69) is 42.4 Å². The molecule has 0 N–H and O–H groups in total. The van der Waals surface area contributed by atoms with Gasteiger partial charge in [-0.25, -0.2) is 0 Å². The molecule has 0 spiro atoms. The number of rotatable bonds is 2. The maximum absolute atomic E-state index is 3.79. The van der Waals surface area contributed by atoms with E-state index in [0.29, 0.717) is 0 Å². The average molecular weight is 175 g/mol. The molecule has 0 aromatic carbocycles. The van der Waals surface area contributed by atoms with Crippen molar-refractivity contribution in [3.63, 3.8) is 0 Å². The lowest BCUT2D eigenvalue weighted by Crippen LogP contribution is -1.74. The van der Waals surface area contributed by atoms with Gasteiger partial charge in [0.1, 0.15) is 0 Å². The van der Waals surface area contributed by atoms with Crippen molar-refractivity contribution in [1.82, 2.24) is 0 Å². The van der Waals surface area contributed by atoms with Crippen LogP contribution in [0.25, 0.3) is 0 Å². The Kier molecular flexibility index (Phi) is 3.88. The summed E-state index contributed by atoms with van der Waals surface area (Å²) in [7, 11) is 0. The van der Waals surface area contributed by atoms with Crippen molar-refractivity contribution in [2.75, 3.05) is 5.33 Å². The first-order chi connectivity index (χ1) is 3.66. The molecule has 0 atom stereocenters. The van der Waals surface area contributed by atoms with Crippen LogP contribution in [-0.2, 0) is 0 Å². The van der Waals surface area contributed by atoms with E-state index in [0.717, 1.165) is 10.9 Å². The lowest BCUT2D eigenvalue weighted by Gasteiger charge is -1.90. The Bertz CT molecular complexity index is 108. The molecule has 0 nitrogen and oxygen atoms in total. The standard InChI is InChI=1S/C7H11Br/c1-6(2)4-7(3)5-8/h4H,3,5H2,1-2H3. The summed E-state index contributed by atoms with van der Waals surface area (Å²) in [5, 5.41) is 0.873. The zero-order valence-electron chi connectivity index (χ0n) is 5.37.